The van der Waals surface area contributed by atoms with E-state index in [1.165, 1.54) is 58.3 Å². The zero-order chi connectivity index (χ0) is 23.7. The second kappa shape index (κ2) is 12.5. The van der Waals surface area contributed by atoms with Crippen molar-refractivity contribution >= 4 is 12.0 Å². The minimum atomic E-state index is -0.301. The highest BCUT2D eigenvalue weighted by atomic mass is 16.5. The molecule has 0 fully saturated rings. The Morgan fingerprint density at radius 2 is 1.56 bits per heavy atom. The second-order valence-corrected chi connectivity index (χ2v) is 10.9. The molecule has 1 aliphatic rings. The Morgan fingerprint density at radius 1 is 0.969 bits per heavy atom. The molecule has 0 amide bonds. The zero-order valence-electron chi connectivity index (χ0n) is 21.6. The molecule has 0 bridgehead atoms. The van der Waals surface area contributed by atoms with Crippen molar-refractivity contribution in [2.75, 3.05) is 0 Å². The van der Waals surface area contributed by atoms with Gasteiger partial charge in [-0.1, -0.05) is 78.7 Å². The van der Waals surface area contributed by atoms with Gasteiger partial charge in [-0.25, -0.2) is 0 Å². The molecule has 1 aromatic rings. The molecule has 1 aromatic carbocycles. The van der Waals surface area contributed by atoms with Crippen LogP contribution < -0.4 is 9.47 Å². The average molecular weight is 443 g/mol. The van der Waals surface area contributed by atoms with E-state index in [0.717, 1.165) is 41.1 Å². The highest BCUT2D eigenvalue weighted by Crippen LogP contribution is 2.38. The molecule has 3 atom stereocenters. The van der Waals surface area contributed by atoms with Crippen LogP contribution in [0.15, 0.2) is 18.2 Å². The Kier molecular flexibility index (Phi) is 10.3. The van der Waals surface area contributed by atoms with Crippen LogP contribution in [0.25, 0.3) is 6.08 Å². The number of ether oxygens (including phenoxy) is 2. The van der Waals surface area contributed by atoms with E-state index in [1.807, 2.05) is 19.1 Å². The molecule has 0 saturated heterocycles. The molecule has 1 aliphatic heterocycles. The summed E-state index contributed by atoms with van der Waals surface area (Å²) in [5, 5.41) is 0. The Bertz CT molecular complexity index is 764. The molecule has 0 N–H and O–H groups in total. The van der Waals surface area contributed by atoms with E-state index in [2.05, 4.69) is 46.8 Å². The molecular formula is C29H46O3. The number of rotatable bonds is 13. The van der Waals surface area contributed by atoms with E-state index in [0.29, 0.717) is 5.75 Å². The zero-order valence-corrected chi connectivity index (χ0v) is 21.6. The topological polar surface area (TPSA) is 35.5 Å². The van der Waals surface area contributed by atoms with Crippen molar-refractivity contribution in [2.24, 2.45) is 17.8 Å². The largest absolute Gasteiger partial charge is 0.483 e. The molecule has 180 valence electrons. The van der Waals surface area contributed by atoms with Gasteiger partial charge >= 0.3 is 5.97 Å². The Labute approximate surface area is 197 Å². The number of hydrogen-bond donors (Lipinski definition) is 0. The van der Waals surface area contributed by atoms with Crippen LogP contribution in [-0.2, 0) is 4.79 Å². The van der Waals surface area contributed by atoms with Gasteiger partial charge in [0.2, 0.25) is 0 Å². The van der Waals surface area contributed by atoms with E-state index >= 15 is 0 Å². The van der Waals surface area contributed by atoms with Gasteiger partial charge in [0, 0.05) is 12.5 Å². The first-order chi connectivity index (χ1) is 15.1. The molecule has 2 rings (SSSR count). The third kappa shape index (κ3) is 9.00. The highest BCUT2D eigenvalue weighted by Gasteiger charge is 2.28. The van der Waals surface area contributed by atoms with Crippen molar-refractivity contribution < 1.29 is 14.3 Å². The standard InChI is InChI=1S/C29H46O3/c1-21(2)11-8-12-22(3)13-9-14-23(4)15-10-17-29(7)18-16-26-20-27(31-25(6)30)19-24(5)28(26)32-29/h16,18-23H,8-15,17H2,1-7H3/t22-,23-,29-/m1/s1. The summed E-state index contributed by atoms with van der Waals surface area (Å²) in [6, 6.07) is 3.76. The van der Waals surface area contributed by atoms with Crippen LogP contribution in [0.4, 0.5) is 0 Å². The number of hydrogen-bond acceptors (Lipinski definition) is 3. The summed E-state index contributed by atoms with van der Waals surface area (Å²) in [7, 11) is 0. The van der Waals surface area contributed by atoms with Gasteiger partial charge in [0.15, 0.2) is 0 Å². The van der Waals surface area contributed by atoms with Crippen LogP contribution in [0.3, 0.4) is 0 Å². The number of carbonyl (C=O) groups excluding carboxylic acids is 1. The summed E-state index contributed by atoms with van der Waals surface area (Å²) in [5.41, 5.74) is 1.71. The third-order valence-electron chi connectivity index (χ3n) is 6.73. The van der Waals surface area contributed by atoms with E-state index < -0.39 is 0 Å². The SMILES string of the molecule is CC(=O)Oc1cc(C)c2c(c1)C=C[C@@](C)(CCC[C@H](C)CCC[C@H](C)CCCC(C)C)O2. The summed E-state index contributed by atoms with van der Waals surface area (Å²) in [5.74, 6) is 3.66. The number of benzene rings is 1. The molecule has 0 saturated carbocycles. The molecular weight excluding hydrogens is 396 g/mol. The van der Waals surface area contributed by atoms with Crippen LogP contribution in [0, 0.1) is 24.7 Å². The van der Waals surface area contributed by atoms with Crippen LogP contribution in [0.1, 0.15) is 110 Å². The molecule has 32 heavy (non-hydrogen) atoms. The van der Waals surface area contributed by atoms with Crippen LogP contribution in [-0.4, -0.2) is 11.6 Å². The van der Waals surface area contributed by atoms with E-state index in [-0.39, 0.29) is 11.6 Å². The Balaban J connectivity index is 1.73. The average Bonchev–Trinajstić information content (AvgIpc) is 2.68. The van der Waals surface area contributed by atoms with Crippen molar-refractivity contribution in [3.8, 4) is 11.5 Å². The second-order valence-electron chi connectivity index (χ2n) is 10.9. The maximum absolute atomic E-state index is 11.3. The summed E-state index contributed by atoms with van der Waals surface area (Å²) < 4.78 is 11.7. The summed E-state index contributed by atoms with van der Waals surface area (Å²) in [6.45, 7) is 15.1. The van der Waals surface area contributed by atoms with Crippen molar-refractivity contribution in [3.05, 3.63) is 29.3 Å². The first kappa shape index (κ1) is 26.5. The quantitative estimate of drug-likeness (QED) is 0.227. The molecule has 0 unspecified atom stereocenters. The number of aryl methyl sites for hydroxylation is 1. The maximum atomic E-state index is 11.3. The lowest BCUT2D eigenvalue weighted by Gasteiger charge is -2.33. The number of fused-ring (bicyclic) bond motifs is 1. The van der Waals surface area contributed by atoms with Crippen molar-refractivity contribution in [1.82, 2.24) is 0 Å². The van der Waals surface area contributed by atoms with Crippen molar-refractivity contribution in [2.45, 2.75) is 112 Å². The molecule has 1 heterocycles. The predicted octanol–water partition coefficient (Wildman–Crippen LogP) is 8.52. The van der Waals surface area contributed by atoms with Gasteiger partial charge in [-0.05, 0) is 68.2 Å². The predicted molar refractivity (Wildman–Crippen MR) is 135 cm³/mol. The van der Waals surface area contributed by atoms with Gasteiger partial charge in [-0.2, -0.15) is 0 Å². The first-order valence-corrected chi connectivity index (χ1v) is 12.8. The lowest BCUT2D eigenvalue weighted by atomic mass is 9.89. The smallest absolute Gasteiger partial charge is 0.308 e. The summed E-state index contributed by atoms with van der Waals surface area (Å²) >= 11 is 0. The van der Waals surface area contributed by atoms with E-state index in [9.17, 15) is 4.79 Å². The fourth-order valence-corrected chi connectivity index (χ4v) is 4.70. The maximum Gasteiger partial charge on any atom is 0.308 e. The minimum absolute atomic E-state index is 0.272. The molecule has 3 nitrogen and oxygen atoms in total. The normalized spacial score (nSPS) is 19.4. The lowest BCUT2D eigenvalue weighted by molar-refractivity contribution is -0.131. The molecule has 0 radical (unpaired) electrons. The fraction of sp³-hybridized carbons (Fsp3) is 0.690. The lowest BCUT2D eigenvalue weighted by Crippen LogP contribution is -2.32. The summed E-state index contributed by atoms with van der Waals surface area (Å²) in [6.07, 6.45) is 15.9. The first-order valence-electron chi connectivity index (χ1n) is 12.8. The van der Waals surface area contributed by atoms with Gasteiger partial charge in [0.05, 0.1) is 0 Å². The highest BCUT2D eigenvalue weighted by molar-refractivity contribution is 5.71. The van der Waals surface area contributed by atoms with Crippen LogP contribution in [0.5, 0.6) is 11.5 Å². The molecule has 0 spiro atoms. The van der Waals surface area contributed by atoms with Crippen molar-refractivity contribution in [3.63, 3.8) is 0 Å². The summed E-state index contributed by atoms with van der Waals surface area (Å²) in [4.78, 5) is 11.3. The van der Waals surface area contributed by atoms with Gasteiger partial charge < -0.3 is 9.47 Å². The Morgan fingerprint density at radius 3 is 2.16 bits per heavy atom. The van der Waals surface area contributed by atoms with Crippen LogP contribution in [0.2, 0.25) is 0 Å². The fourth-order valence-electron chi connectivity index (χ4n) is 4.70. The number of carbonyl (C=O) groups is 1. The minimum Gasteiger partial charge on any atom is -0.483 e. The van der Waals surface area contributed by atoms with Crippen molar-refractivity contribution in [1.29, 1.82) is 0 Å². The monoisotopic (exact) mass is 442 g/mol. The van der Waals surface area contributed by atoms with E-state index in [1.54, 1.807) is 0 Å². The third-order valence-corrected chi connectivity index (χ3v) is 6.73. The van der Waals surface area contributed by atoms with Gasteiger partial charge in [-0.15, -0.1) is 0 Å². The van der Waals surface area contributed by atoms with Gasteiger partial charge in [-0.3, -0.25) is 4.79 Å². The molecule has 0 aromatic heterocycles. The van der Waals surface area contributed by atoms with E-state index in [4.69, 9.17) is 9.47 Å². The molecule has 3 heteroatoms. The van der Waals surface area contributed by atoms with Crippen LogP contribution >= 0.6 is 0 Å². The number of esters is 1. The Hall–Kier alpha value is -1.77. The molecule has 0 aliphatic carbocycles. The van der Waals surface area contributed by atoms with Gasteiger partial charge in [0.1, 0.15) is 17.1 Å². The van der Waals surface area contributed by atoms with Gasteiger partial charge in [0.25, 0.3) is 0 Å².